The molecule has 16 heavy (non-hydrogen) atoms. The van der Waals surface area contributed by atoms with E-state index in [4.69, 9.17) is 0 Å². The van der Waals surface area contributed by atoms with Crippen LogP contribution in [0.5, 0.6) is 0 Å². The van der Waals surface area contributed by atoms with Crippen LogP contribution in [0.25, 0.3) is 0 Å². The normalized spacial score (nSPS) is 29.1. The summed E-state index contributed by atoms with van der Waals surface area (Å²) in [6, 6.07) is 0. The molecule has 3 rings (SSSR count). The van der Waals surface area contributed by atoms with Gasteiger partial charge < -0.3 is 5.11 Å². The number of thiol groups is 1. The molecule has 1 aromatic heterocycles. The zero-order chi connectivity index (χ0) is 11.1. The summed E-state index contributed by atoms with van der Waals surface area (Å²) in [5.74, 6) is 1.37. The van der Waals surface area contributed by atoms with Gasteiger partial charge in [0.05, 0.1) is 11.2 Å². The van der Waals surface area contributed by atoms with Gasteiger partial charge in [-0.2, -0.15) is 0 Å². The summed E-state index contributed by atoms with van der Waals surface area (Å²) in [6.07, 6.45) is 8.43. The Bertz CT molecular complexity index is 423. The van der Waals surface area contributed by atoms with Gasteiger partial charge in [0.1, 0.15) is 11.8 Å². The van der Waals surface area contributed by atoms with Crippen molar-refractivity contribution in [3.8, 4) is 0 Å². The lowest BCUT2D eigenvalue weighted by Crippen LogP contribution is -2.22. The highest BCUT2D eigenvalue weighted by Gasteiger charge is 2.33. The summed E-state index contributed by atoms with van der Waals surface area (Å²) in [6.45, 7) is 2.02. The van der Waals surface area contributed by atoms with Crippen molar-refractivity contribution in [1.82, 2.24) is 8.96 Å². The average molecular weight is 239 g/mol. The summed E-state index contributed by atoms with van der Waals surface area (Å²) < 4.78 is 2.06. The maximum atomic E-state index is 10.5. The van der Waals surface area contributed by atoms with E-state index >= 15 is 0 Å². The van der Waals surface area contributed by atoms with Gasteiger partial charge in [0.2, 0.25) is 0 Å². The fraction of sp³-hybridized carbons (Fsp3) is 0.636. The van der Waals surface area contributed by atoms with E-state index < -0.39 is 11.1 Å². The first-order valence-electron chi connectivity index (χ1n) is 5.82. The van der Waals surface area contributed by atoms with Gasteiger partial charge in [0.25, 0.3) is 0 Å². The molecule has 88 valence electrons. The Morgan fingerprint density at radius 3 is 3.00 bits per heavy atom. The molecule has 0 bridgehead atoms. The molecule has 1 fully saturated rings. The second kappa shape index (κ2) is 3.89. The Balaban J connectivity index is 1.87. The molecule has 2 aliphatic rings. The summed E-state index contributed by atoms with van der Waals surface area (Å²) in [5.41, 5.74) is -0.239. The predicted octanol–water partition coefficient (Wildman–Crippen LogP) is 2.22. The molecule has 1 saturated carbocycles. The fourth-order valence-corrected chi connectivity index (χ4v) is 5.01. The van der Waals surface area contributed by atoms with Gasteiger partial charge in [0.15, 0.2) is 5.82 Å². The molecule has 0 amide bonds. The Hall–Kier alpha value is -0.810. The summed E-state index contributed by atoms with van der Waals surface area (Å²) >= 11 is -0.698. The Morgan fingerprint density at radius 1 is 1.50 bits per heavy atom. The van der Waals surface area contributed by atoms with Crippen LogP contribution in [0.4, 0.5) is 5.82 Å². The summed E-state index contributed by atoms with van der Waals surface area (Å²) in [5, 5.41) is 11.6. The number of rotatable bonds is 2. The van der Waals surface area contributed by atoms with Crippen molar-refractivity contribution < 1.29 is 5.11 Å². The summed E-state index contributed by atoms with van der Waals surface area (Å²) in [7, 11) is 0. The highest BCUT2D eigenvalue weighted by atomic mass is 32.2. The third-order valence-corrected chi connectivity index (χ3v) is 5.97. The van der Waals surface area contributed by atoms with Crippen LogP contribution in [0, 0.1) is 5.92 Å². The van der Waals surface area contributed by atoms with E-state index in [0.717, 1.165) is 23.7 Å². The van der Waals surface area contributed by atoms with Crippen LogP contribution in [0.2, 0.25) is 0 Å². The molecule has 1 N–H and O–H groups in total. The Morgan fingerprint density at radius 2 is 2.25 bits per heavy atom. The zero-order valence-electron chi connectivity index (χ0n) is 9.37. The van der Waals surface area contributed by atoms with Gasteiger partial charge in [0, 0.05) is 0 Å². The largest absolute Gasteiger partial charge is 0.382 e. The van der Waals surface area contributed by atoms with Gasteiger partial charge in [-0.05, 0) is 25.7 Å². The summed E-state index contributed by atoms with van der Waals surface area (Å²) in [4.78, 5) is 8.57. The molecule has 2 unspecified atom stereocenters. The maximum absolute atomic E-state index is 10.5. The number of nitrogens with zero attached hydrogens (tertiary/aromatic N) is 3. The first-order chi connectivity index (χ1) is 7.77. The van der Waals surface area contributed by atoms with Crippen molar-refractivity contribution in [1.29, 1.82) is 0 Å². The van der Waals surface area contributed by atoms with E-state index in [1.807, 2.05) is 6.92 Å². The second-order valence-electron chi connectivity index (χ2n) is 4.56. The molecular formula is C11H17N3OS. The number of aliphatic hydroxyl groups is 1. The molecule has 1 aliphatic heterocycles. The van der Waals surface area contributed by atoms with E-state index in [1.54, 1.807) is 12.5 Å². The third kappa shape index (κ3) is 1.50. The van der Waals surface area contributed by atoms with Crippen LogP contribution < -0.4 is 0 Å². The standard InChI is InChI=1S/C11H17N3OS/c1-8-13-10-6-12-7-14(10)16(8)11(15)9-4-2-3-5-9/h6-7,9,11,15-16H,2-5H2,1H3. The van der Waals surface area contributed by atoms with Gasteiger partial charge in [-0.15, -0.1) is 11.1 Å². The highest BCUT2D eigenvalue weighted by Crippen LogP contribution is 2.48. The van der Waals surface area contributed by atoms with Crippen LogP contribution >= 0.6 is 11.1 Å². The Labute approximate surface area is 97.9 Å². The number of hydrogen-bond acceptors (Lipinski definition) is 3. The van der Waals surface area contributed by atoms with Gasteiger partial charge in [-0.25, -0.2) is 9.98 Å². The van der Waals surface area contributed by atoms with E-state index in [-0.39, 0.29) is 5.44 Å². The van der Waals surface area contributed by atoms with Crippen molar-refractivity contribution in [2.24, 2.45) is 10.9 Å². The SMILES string of the molecule is CC1=Nc2cncn2[SH]1C(O)C1CCCC1. The minimum Gasteiger partial charge on any atom is -0.382 e. The first kappa shape index (κ1) is 10.4. The number of fused-ring (bicyclic) bond motifs is 1. The number of aliphatic imine (C=N–C) groups is 1. The van der Waals surface area contributed by atoms with E-state index in [0.29, 0.717) is 5.92 Å². The van der Waals surface area contributed by atoms with Gasteiger partial charge in [-0.1, -0.05) is 12.8 Å². The van der Waals surface area contributed by atoms with Gasteiger partial charge in [-0.3, -0.25) is 3.97 Å². The fourth-order valence-electron chi connectivity index (χ4n) is 2.67. The first-order valence-corrected chi connectivity index (χ1v) is 7.19. The van der Waals surface area contributed by atoms with E-state index in [2.05, 4.69) is 13.9 Å². The van der Waals surface area contributed by atoms with Gasteiger partial charge >= 0.3 is 0 Å². The second-order valence-corrected chi connectivity index (χ2v) is 6.85. The number of aliphatic hydroxyl groups excluding tert-OH is 1. The van der Waals surface area contributed by atoms with Crippen molar-refractivity contribution in [2.75, 3.05) is 0 Å². The van der Waals surface area contributed by atoms with Crippen LogP contribution in [0.15, 0.2) is 17.5 Å². The Kier molecular flexibility index (Phi) is 2.52. The monoisotopic (exact) mass is 239 g/mol. The quantitative estimate of drug-likeness (QED) is 0.777. The molecule has 1 aliphatic carbocycles. The molecule has 5 heteroatoms. The van der Waals surface area contributed by atoms with E-state index in [1.165, 1.54) is 12.8 Å². The molecule has 0 aromatic carbocycles. The van der Waals surface area contributed by atoms with Crippen LogP contribution in [-0.2, 0) is 0 Å². The lowest BCUT2D eigenvalue weighted by Gasteiger charge is -2.28. The molecule has 2 heterocycles. The lowest BCUT2D eigenvalue weighted by atomic mass is 10.1. The zero-order valence-corrected chi connectivity index (χ0v) is 10.3. The topological polar surface area (TPSA) is 50.4 Å². The minimum absolute atomic E-state index is 0.239. The molecule has 2 atom stereocenters. The minimum atomic E-state index is -0.698. The molecule has 0 spiro atoms. The van der Waals surface area contributed by atoms with Crippen molar-refractivity contribution in [2.45, 2.75) is 38.0 Å². The van der Waals surface area contributed by atoms with E-state index in [9.17, 15) is 5.11 Å². The van der Waals surface area contributed by atoms with Crippen LogP contribution in [0.1, 0.15) is 32.6 Å². The van der Waals surface area contributed by atoms with Crippen molar-refractivity contribution in [3.05, 3.63) is 12.5 Å². The number of aromatic nitrogens is 2. The smallest absolute Gasteiger partial charge is 0.162 e. The third-order valence-electron chi connectivity index (χ3n) is 3.51. The molecule has 4 nitrogen and oxygen atoms in total. The average Bonchev–Trinajstić information content (AvgIpc) is 2.89. The molecule has 0 saturated heterocycles. The highest BCUT2D eigenvalue weighted by molar-refractivity contribution is 8.29. The molecule has 0 radical (unpaired) electrons. The molecular weight excluding hydrogens is 222 g/mol. The van der Waals surface area contributed by atoms with Crippen molar-refractivity contribution >= 4 is 21.9 Å². The number of imidazole rings is 1. The van der Waals surface area contributed by atoms with Crippen molar-refractivity contribution in [3.63, 3.8) is 0 Å². The number of hydrogen-bond donors (Lipinski definition) is 2. The predicted molar refractivity (Wildman–Crippen MR) is 67.3 cm³/mol. The molecule has 1 aromatic rings. The lowest BCUT2D eigenvalue weighted by molar-refractivity contribution is 0.193. The van der Waals surface area contributed by atoms with Crippen LogP contribution in [0.3, 0.4) is 0 Å². The van der Waals surface area contributed by atoms with Crippen LogP contribution in [-0.4, -0.2) is 24.5 Å². The maximum Gasteiger partial charge on any atom is 0.162 e.